The van der Waals surface area contributed by atoms with Crippen molar-refractivity contribution in [3.05, 3.63) is 34.3 Å². The van der Waals surface area contributed by atoms with Gasteiger partial charge in [-0.1, -0.05) is 25.4 Å². The van der Waals surface area contributed by atoms with E-state index in [2.05, 4.69) is 5.32 Å². The third-order valence-corrected chi connectivity index (χ3v) is 2.96. The molecule has 0 radical (unpaired) electrons. The van der Waals surface area contributed by atoms with E-state index in [4.69, 9.17) is 16.7 Å². The van der Waals surface area contributed by atoms with E-state index in [0.717, 1.165) is 12.1 Å². The van der Waals surface area contributed by atoms with Gasteiger partial charge in [-0.15, -0.1) is 0 Å². The van der Waals surface area contributed by atoms with Crippen molar-refractivity contribution in [3.8, 4) is 0 Å². The molecule has 0 bridgehead atoms. The molecule has 0 saturated carbocycles. The molecular formula is C13H15ClF3NO2. The van der Waals surface area contributed by atoms with Gasteiger partial charge in [0.2, 0.25) is 0 Å². The summed E-state index contributed by atoms with van der Waals surface area (Å²) in [6.45, 7) is 3.43. The summed E-state index contributed by atoms with van der Waals surface area (Å²) in [5.41, 5.74) is -0.560. The summed E-state index contributed by atoms with van der Waals surface area (Å²) in [4.78, 5) is 11.0. The number of aliphatic carboxylic acids is 1. The average Bonchev–Trinajstić information content (AvgIpc) is 2.26. The Balaban J connectivity index is 2.88. The lowest BCUT2D eigenvalue weighted by Gasteiger charge is -2.18. The molecule has 1 aromatic rings. The Hall–Kier alpha value is -1.27. The van der Waals surface area contributed by atoms with Gasteiger partial charge >= 0.3 is 12.1 Å². The smallest absolute Gasteiger partial charge is 0.416 e. The van der Waals surface area contributed by atoms with Crippen LogP contribution in [-0.4, -0.2) is 17.1 Å². The summed E-state index contributed by atoms with van der Waals surface area (Å²) in [5, 5.41) is 11.7. The zero-order valence-corrected chi connectivity index (χ0v) is 11.7. The van der Waals surface area contributed by atoms with E-state index in [0.29, 0.717) is 0 Å². The van der Waals surface area contributed by atoms with Crippen LogP contribution in [0.15, 0.2) is 18.2 Å². The number of hydrogen-bond acceptors (Lipinski definition) is 2. The predicted octanol–water partition coefficient (Wildman–Crippen LogP) is 3.56. The van der Waals surface area contributed by atoms with Crippen LogP contribution < -0.4 is 5.32 Å². The quantitative estimate of drug-likeness (QED) is 0.874. The zero-order valence-electron chi connectivity index (χ0n) is 11.0. The Bertz CT molecular complexity index is 489. The lowest BCUT2D eigenvalue weighted by Crippen LogP contribution is -2.40. The zero-order chi connectivity index (χ0) is 15.5. The number of hydrogen-bond donors (Lipinski definition) is 2. The topological polar surface area (TPSA) is 49.3 Å². The van der Waals surface area contributed by atoms with Crippen molar-refractivity contribution in [2.45, 2.75) is 32.6 Å². The molecule has 20 heavy (non-hydrogen) atoms. The van der Waals surface area contributed by atoms with Gasteiger partial charge in [0.15, 0.2) is 0 Å². The molecule has 0 heterocycles. The predicted molar refractivity (Wildman–Crippen MR) is 69.6 cm³/mol. The van der Waals surface area contributed by atoms with Crippen molar-refractivity contribution in [1.82, 2.24) is 5.32 Å². The van der Waals surface area contributed by atoms with E-state index in [9.17, 15) is 18.0 Å². The van der Waals surface area contributed by atoms with Crippen LogP contribution in [-0.2, 0) is 17.5 Å². The van der Waals surface area contributed by atoms with Crippen LogP contribution in [0.25, 0.3) is 0 Å². The Labute approximate surface area is 119 Å². The highest BCUT2D eigenvalue weighted by Gasteiger charge is 2.31. The minimum atomic E-state index is -4.48. The Morgan fingerprint density at radius 1 is 1.35 bits per heavy atom. The number of carboxylic acids is 1. The normalized spacial score (nSPS) is 13.6. The highest BCUT2D eigenvalue weighted by Crippen LogP contribution is 2.31. The van der Waals surface area contributed by atoms with Crippen molar-refractivity contribution in [2.24, 2.45) is 5.92 Å². The molecule has 1 rings (SSSR count). The maximum atomic E-state index is 12.6. The van der Waals surface area contributed by atoms with Crippen LogP contribution in [0.3, 0.4) is 0 Å². The molecule has 3 nitrogen and oxygen atoms in total. The number of benzene rings is 1. The summed E-state index contributed by atoms with van der Waals surface area (Å²) >= 11 is 5.65. The molecule has 0 aliphatic heterocycles. The fourth-order valence-electron chi connectivity index (χ4n) is 1.75. The second-order valence-corrected chi connectivity index (χ2v) is 5.22. The van der Waals surface area contributed by atoms with Crippen molar-refractivity contribution in [1.29, 1.82) is 0 Å². The van der Waals surface area contributed by atoms with Crippen LogP contribution in [0.5, 0.6) is 0 Å². The lowest BCUT2D eigenvalue weighted by atomic mass is 10.0. The fraction of sp³-hybridized carbons (Fsp3) is 0.462. The van der Waals surface area contributed by atoms with Gasteiger partial charge in [-0.2, -0.15) is 13.2 Å². The van der Waals surface area contributed by atoms with Crippen molar-refractivity contribution in [2.75, 3.05) is 0 Å². The standard InChI is InChI=1S/C13H15ClF3NO2/c1-7(2)11(12(19)20)18-6-8-3-9(13(15,16)17)5-10(14)4-8/h3-5,7,11,18H,6H2,1-2H3,(H,19,20)/t11-/m1/s1. The van der Waals surface area contributed by atoms with Crippen LogP contribution >= 0.6 is 11.6 Å². The maximum Gasteiger partial charge on any atom is 0.416 e. The maximum absolute atomic E-state index is 12.6. The number of alkyl halides is 3. The number of nitrogens with one attached hydrogen (secondary N) is 1. The molecule has 0 aromatic heterocycles. The third-order valence-electron chi connectivity index (χ3n) is 2.74. The van der Waals surface area contributed by atoms with Gasteiger partial charge in [0, 0.05) is 11.6 Å². The fourth-order valence-corrected chi connectivity index (χ4v) is 2.01. The van der Waals surface area contributed by atoms with Crippen molar-refractivity contribution in [3.63, 3.8) is 0 Å². The Kier molecular flexibility index (Phi) is 5.42. The average molecular weight is 310 g/mol. The summed E-state index contributed by atoms with van der Waals surface area (Å²) in [6.07, 6.45) is -4.48. The highest BCUT2D eigenvalue weighted by atomic mass is 35.5. The van der Waals surface area contributed by atoms with Gasteiger partial charge in [0.25, 0.3) is 0 Å². The molecule has 0 amide bonds. The molecule has 112 valence electrons. The van der Waals surface area contributed by atoms with Crippen LogP contribution in [0.4, 0.5) is 13.2 Å². The third kappa shape index (κ3) is 4.68. The summed E-state index contributed by atoms with van der Waals surface area (Å²) in [7, 11) is 0. The second kappa shape index (κ2) is 6.45. The van der Waals surface area contributed by atoms with Crippen molar-refractivity contribution < 1.29 is 23.1 Å². The Morgan fingerprint density at radius 2 is 1.95 bits per heavy atom. The summed E-state index contributed by atoms with van der Waals surface area (Å²) < 4.78 is 37.9. The molecule has 0 saturated heterocycles. The monoisotopic (exact) mass is 309 g/mol. The van der Waals surface area contributed by atoms with E-state index in [-0.39, 0.29) is 23.0 Å². The Morgan fingerprint density at radius 3 is 2.40 bits per heavy atom. The largest absolute Gasteiger partial charge is 0.480 e. The number of carboxylic acid groups (broad SMARTS) is 1. The van der Waals surface area contributed by atoms with Gasteiger partial charge in [-0.25, -0.2) is 0 Å². The van der Waals surface area contributed by atoms with Gasteiger partial charge in [-0.3, -0.25) is 4.79 Å². The molecule has 7 heteroatoms. The summed E-state index contributed by atoms with van der Waals surface area (Å²) in [5.74, 6) is -1.23. The van der Waals surface area contributed by atoms with Crippen LogP contribution in [0, 0.1) is 5.92 Å². The first kappa shape index (κ1) is 16.8. The second-order valence-electron chi connectivity index (χ2n) is 4.79. The highest BCUT2D eigenvalue weighted by molar-refractivity contribution is 6.30. The number of halogens is 4. The first-order chi connectivity index (χ1) is 9.11. The minimum absolute atomic E-state index is 0.00120. The van der Waals surface area contributed by atoms with Gasteiger partial charge in [-0.05, 0) is 29.7 Å². The van der Waals surface area contributed by atoms with E-state index >= 15 is 0 Å². The molecule has 0 unspecified atom stereocenters. The van der Waals surface area contributed by atoms with Gasteiger partial charge in [0.05, 0.1) is 5.56 Å². The van der Waals surface area contributed by atoms with E-state index in [1.165, 1.54) is 6.07 Å². The molecule has 0 fully saturated rings. The first-order valence-corrected chi connectivity index (χ1v) is 6.32. The van der Waals surface area contributed by atoms with Crippen LogP contribution in [0.2, 0.25) is 5.02 Å². The molecule has 2 N–H and O–H groups in total. The molecule has 0 aliphatic rings. The molecule has 1 aromatic carbocycles. The molecule has 1 atom stereocenters. The molecule has 0 aliphatic carbocycles. The van der Waals surface area contributed by atoms with E-state index in [1.54, 1.807) is 13.8 Å². The van der Waals surface area contributed by atoms with Crippen molar-refractivity contribution >= 4 is 17.6 Å². The summed E-state index contributed by atoms with van der Waals surface area (Å²) in [6, 6.07) is 2.34. The SMILES string of the molecule is CC(C)[C@@H](NCc1cc(Cl)cc(C(F)(F)F)c1)C(=O)O. The molecule has 0 spiro atoms. The number of carbonyl (C=O) groups is 1. The lowest BCUT2D eigenvalue weighted by molar-refractivity contribution is -0.141. The van der Waals surface area contributed by atoms with Gasteiger partial charge < -0.3 is 10.4 Å². The van der Waals surface area contributed by atoms with Gasteiger partial charge in [0.1, 0.15) is 6.04 Å². The minimum Gasteiger partial charge on any atom is -0.480 e. The van der Waals surface area contributed by atoms with Crippen LogP contribution in [0.1, 0.15) is 25.0 Å². The van der Waals surface area contributed by atoms with E-state index < -0.39 is 23.8 Å². The van der Waals surface area contributed by atoms with E-state index in [1.807, 2.05) is 0 Å². The number of rotatable bonds is 5. The molecular weight excluding hydrogens is 295 g/mol. The first-order valence-electron chi connectivity index (χ1n) is 5.94.